The minimum atomic E-state index is -4.72. The smallest absolute Gasteiger partial charge is 0.416 e. The Labute approximate surface area is 210 Å². The minimum absolute atomic E-state index is 0.0889. The summed E-state index contributed by atoms with van der Waals surface area (Å²) in [7, 11) is -4.41. The number of phenolic OH excluding ortho intramolecular Hbond substituents is 1. The third-order valence-corrected chi connectivity index (χ3v) is 7.20. The van der Waals surface area contributed by atoms with Crippen LogP contribution in [0.3, 0.4) is 0 Å². The van der Waals surface area contributed by atoms with Gasteiger partial charge in [0.25, 0.3) is 15.9 Å². The topological polar surface area (TPSA) is 99.1 Å². The van der Waals surface area contributed by atoms with Crippen LogP contribution in [0, 0.1) is 0 Å². The van der Waals surface area contributed by atoms with E-state index in [2.05, 4.69) is 10.5 Å². The first-order chi connectivity index (χ1) is 17.6. The second-order valence-corrected chi connectivity index (χ2v) is 9.75. The summed E-state index contributed by atoms with van der Waals surface area (Å²) in [5.74, 6) is -0.998. The number of anilines is 1. The zero-order valence-electron chi connectivity index (χ0n) is 19.1. The minimum Gasteiger partial charge on any atom is -0.507 e. The van der Waals surface area contributed by atoms with Crippen LogP contribution in [0.2, 0.25) is 0 Å². The van der Waals surface area contributed by atoms with Crippen LogP contribution in [0.25, 0.3) is 10.8 Å². The number of carbonyl (C=O) groups excluding carboxylic acids is 1. The Morgan fingerprint density at radius 3 is 2.38 bits per heavy atom. The standard InChI is InChI=1S/C26H20F3N3O4S/c27-26(28,29)19-8-6-9-20(15-19)32(37(35,36)21-10-2-1-3-11-21)17-25(34)31-30-16-23-22-12-5-4-7-18(22)13-14-24(23)33/h1-16,33H,17H2,(H,31,34)/b30-16-. The molecule has 4 rings (SSSR count). The highest BCUT2D eigenvalue weighted by Gasteiger charge is 2.33. The van der Waals surface area contributed by atoms with Crippen molar-refractivity contribution in [3.8, 4) is 5.75 Å². The van der Waals surface area contributed by atoms with Crippen LogP contribution in [0.5, 0.6) is 5.75 Å². The van der Waals surface area contributed by atoms with Crippen LogP contribution < -0.4 is 9.73 Å². The van der Waals surface area contributed by atoms with E-state index in [1.165, 1.54) is 42.6 Å². The predicted molar refractivity (Wildman–Crippen MR) is 134 cm³/mol. The van der Waals surface area contributed by atoms with Gasteiger partial charge >= 0.3 is 6.18 Å². The Morgan fingerprint density at radius 1 is 0.946 bits per heavy atom. The van der Waals surface area contributed by atoms with Crippen molar-refractivity contribution in [2.75, 3.05) is 10.8 Å². The molecule has 0 bridgehead atoms. The van der Waals surface area contributed by atoms with E-state index in [9.17, 15) is 31.5 Å². The number of amides is 1. The first-order valence-corrected chi connectivity index (χ1v) is 12.3. The third-order valence-electron chi connectivity index (χ3n) is 5.41. The number of aromatic hydroxyl groups is 1. The van der Waals surface area contributed by atoms with E-state index in [0.29, 0.717) is 21.3 Å². The van der Waals surface area contributed by atoms with E-state index in [1.54, 1.807) is 24.3 Å². The van der Waals surface area contributed by atoms with Crippen molar-refractivity contribution in [1.82, 2.24) is 5.43 Å². The van der Waals surface area contributed by atoms with Crippen LogP contribution in [0.1, 0.15) is 11.1 Å². The number of carbonyl (C=O) groups is 1. The summed E-state index contributed by atoms with van der Waals surface area (Å²) >= 11 is 0. The number of hydrogen-bond acceptors (Lipinski definition) is 5. The molecule has 2 N–H and O–H groups in total. The lowest BCUT2D eigenvalue weighted by molar-refractivity contribution is -0.137. The van der Waals surface area contributed by atoms with Crippen LogP contribution >= 0.6 is 0 Å². The Hall–Kier alpha value is -4.38. The fraction of sp³-hybridized carbons (Fsp3) is 0.0769. The first kappa shape index (κ1) is 25.7. The lowest BCUT2D eigenvalue weighted by Gasteiger charge is -2.24. The highest BCUT2D eigenvalue weighted by molar-refractivity contribution is 7.92. The van der Waals surface area contributed by atoms with E-state index in [-0.39, 0.29) is 16.3 Å². The van der Waals surface area contributed by atoms with Gasteiger partial charge in [0, 0.05) is 5.56 Å². The molecule has 7 nitrogen and oxygen atoms in total. The fourth-order valence-electron chi connectivity index (χ4n) is 3.63. The zero-order chi connectivity index (χ0) is 26.6. The van der Waals surface area contributed by atoms with E-state index >= 15 is 0 Å². The molecule has 37 heavy (non-hydrogen) atoms. The zero-order valence-corrected chi connectivity index (χ0v) is 19.9. The number of nitrogens with zero attached hydrogens (tertiary/aromatic N) is 2. The van der Waals surface area contributed by atoms with Gasteiger partial charge in [-0.2, -0.15) is 18.3 Å². The number of sulfonamides is 1. The summed E-state index contributed by atoms with van der Waals surface area (Å²) in [4.78, 5) is 12.5. The van der Waals surface area contributed by atoms with Crippen molar-refractivity contribution in [3.05, 3.63) is 102 Å². The summed E-state index contributed by atoms with van der Waals surface area (Å²) in [6, 6.07) is 21.1. The SMILES string of the molecule is O=C(CN(c1cccc(C(F)(F)F)c1)S(=O)(=O)c1ccccc1)N/N=C\c1c(O)ccc2ccccc12. The van der Waals surface area contributed by atoms with Gasteiger partial charge in [0.15, 0.2) is 0 Å². The van der Waals surface area contributed by atoms with Crippen LogP contribution in [-0.2, 0) is 21.0 Å². The van der Waals surface area contributed by atoms with Gasteiger partial charge in [0.2, 0.25) is 0 Å². The number of alkyl halides is 3. The number of hydrazone groups is 1. The lowest BCUT2D eigenvalue weighted by Crippen LogP contribution is -2.39. The molecule has 0 unspecified atom stereocenters. The third kappa shape index (κ3) is 5.72. The Morgan fingerprint density at radius 2 is 1.65 bits per heavy atom. The van der Waals surface area contributed by atoms with Gasteiger partial charge in [0.05, 0.1) is 22.4 Å². The summed E-state index contributed by atoms with van der Waals surface area (Å²) in [6.45, 7) is -0.850. The summed E-state index contributed by atoms with van der Waals surface area (Å²) in [6.07, 6.45) is -3.51. The van der Waals surface area contributed by atoms with Crippen molar-refractivity contribution >= 4 is 38.6 Å². The fourth-order valence-corrected chi connectivity index (χ4v) is 5.06. The van der Waals surface area contributed by atoms with Gasteiger partial charge in [-0.05, 0) is 47.2 Å². The molecule has 190 valence electrons. The molecule has 4 aromatic carbocycles. The van der Waals surface area contributed by atoms with Crippen LogP contribution in [-0.4, -0.2) is 32.2 Å². The molecule has 0 aliphatic carbocycles. The van der Waals surface area contributed by atoms with Gasteiger partial charge in [-0.15, -0.1) is 0 Å². The molecule has 0 fully saturated rings. The number of benzene rings is 4. The molecule has 4 aromatic rings. The molecular weight excluding hydrogens is 507 g/mol. The largest absolute Gasteiger partial charge is 0.507 e. The monoisotopic (exact) mass is 527 g/mol. The maximum Gasteiger partial charge on any atom is 0.416 e. The average Bonchev–Trinajstić information content (AvgIpc) is 2.88. The molecule has 0 saturated carbocycles. The average molecular weight is 528 g/mol. The molecular formula is C26H20F3N3O4S. The summed E-state index contributed by atoms with van der Waals surface area (Å²) in [5.41, 5.74) is 1.10. The first-order valence-electron chi connectivity index (χ1n) is 10.8. The number of nitrogens with one attached hydrogen (secondary N) is 1. The van der Waals surface area contributed by atoms with E-state index < -0.39 is 34.2 Å². The maximum absolute atomic E-state index is 13.3. The number of fused-ring (bicyclic) bond motifs is 1. The van der Waals surface area contributed by atoms with Crippen LogP contribution in [0.15, 0.2) is 101 Å². The number of rotatable bonds is 7. The van der Waals surface area contributed by atoms with Crippen molar-refractivity contribution in [2.24, 2.45) is 5.10 Å². The van der Waals surface area contributed by atoms with Crippen LogP contribution in [0.4, 0.5) is 18.9 Å². The second-order valence-electron chi connectivity index (χ2n) is 7.89. The van der Waals surface area contributed by atoms with Gasteiger partial charge in [0.1, 0.15) is 12.3 Å². The van der Waals surface area contributed by atoms with Gasteiger partial charge in [-0.3, -0.25) is 9.10 Å². The van der Waals surface area contributed by atoms with E-state index in [4.69, 9.17) is 0 Å². The maximum atomic E-state index is 13.3. The van der Waals surface area contributed by atoms with Gasteiger partial charge in [-0.25, -0.2) is 13.8 Å². The highest BCUT2D eigenvalue weighted by atomic mass is 32.2. The van der Waals surface area contributed by atoms with Crippen molar-refractivity contribution in [3.63, 3.8) is 0 Å². The number of halogens is 3. The molecule has 0 saturated heterocycles. The number of phenols is 1. The van der Waals surface area contributed by atoms with Gasteiger partial charge in [-0.1, -0.05) is 54.6 Å². The number of hydrogen-bond donors (Lipinski definition) is 2. The summed E-state index contributed by atoms with van der Waals surface area (Å²) in [5, 5.41) is 15.5. The predicted octanol–water partition coefficient (Wildman–Crippen LogP) is 4.91. The Balaban J connectivity index is 1.63. The van der Waals surface area contributed by atoms with Crippen molar-refractivity contribution < 1.29 is 31.5 Å². The lowest BCUT2D eigenvalue weighted by atomic mass is 10.0. The normalized spacial score (nSPS) is 12.1. The molecule has 0 aromatic heterocycles. The molecule has 0 heterocycles. The molecule has 0 aliphatic rings. The second kappa shape index (κ2) is 10.3. The molecule has 0 spiro atoms. The van der Waals surface area contributed by atoms with E-state index in [1.807, 2.05) is 12.1 Å². The quantitative estimate of drug-likeness (QED) is 0.264. The Kier molecular flexibility index (Phi) is 7.16. The highest BCUT2D eigenvalue weighted by Crippen LogP contribution is 2.33. The van der Waals surface area contributed by atoms with Crippen molar-refractivity contribution in [2.45, 2.75) is 11.1 Å². The molecule has 0 aliphatic heterocycles. The van der Waals surface area contributed by atoms with Crippen molar-refractivity contribution in [1.29, 1.82) is 0 Å². The molecule has 0 radical (unpaired) electrons. The van der Waals surface area contributed by atoms with E-state index in [0.717, 1.165) is 17.5 Å². The van der Waals surface area contributed by atoms with Gasteiger partial charge < -0.3 is 5.11 Å². The summed E-state index contributed by atoms with van der Waals surface area (Å²) < 4.78 is 67.1. The Bertz CT molecular complexity index is 1570. The molecule has 11 heteroatoms. The molecule has 0 atom stereocenters. The molecule has 1 amide bonds.